The Labute approximate surface area is 170 Å². The Balaban J connectivity index is 0.00000225. The molecular formula is C19H14Cl2N4O3. The van der Waals surface area contributed by atoms with Crippen LogP contribution in [0, 0.1) is 17.0 Å². The number of hydrogen-bond acceptors (Lipinski definition) is 4. The maximum Gasteiger partial charge on any atom is 0.280 e. The van der Waals surface area contributed by atoms with Crippen molar-refractivity contribution in [2.75, 3.05) is 0 Å². The molecule has 0 amide bonds. The number of hydrogen-bond donors (Lipinski definition) is 1. The lowest BCUT2D eigenvalue weighted by molar-refractivity contribution is -0.384. The summed E-state index contributed by atoms with van der Waals surface area (Å²) in [6, 6.07) is 13.1. The third-order valence-corrected chi connectivity index (χ3v) is 4.61. The van der Waals surface area contributed by atoms with Crippen LogP contribution < -0.4 is 5.56 Å². The predicted octanol–water partition coefficient (Wildman–Crippen LogP) is 4.67. The maximum absolute atomic E-state index is 12.8. The van der Waals surface area contributed by atoms with Gasteiger partial charge in [-0.05, 0) is 36.8 Å². The van der Waals surface area contributed by atoms with Gasteiger partial charge in [0, 0.05) is 34.6 Å². The van der Waals surface area contributed by atoms with Crippen LogP contribution in [0.3, 0.4) is 0 Å². The van der Waals surface area contributed by atoms with E-state index in [1.807, 2.05) is 0 Å². The quantitative estimate of drug-likeness (QED) is 0.387. The summed E-state index contributed by atoms with van der Waals surface area (Å²) < 4.78 is 1.41. The van der Waals surface area contributed by atoms with Crippen molar-refractivity contribution < 1.29 is 4.92 Å². The van der Waals surface area contributed by atoms with E-state index in [1.54, 1.807) is 43.3 Å². The first-order valence-electron chi connectivity index (χ1n) is 8.07. The van der Waals surface area contributed by atoms with Crippen molar-refractivity contribution in [2.24, 2.45) is 0 Å². The van der Waals surface area contributed by atoms with E-state index in [2.05, 4.69) is 10.1 Å². The summed E-state index contributed by atoms with van der Waals surface area (Å²) in [5.74, 6) is 0. The SMILES string of the molecule is Cc1ncc2c(=O)n(-c3ccc(Cl)cc3)[nH]c2c1-c1cccc([N+](=O)[O-])c1.Cl. The number of non-ortho nitro benzene ring substituents is 1. The van der Waals surface area contributed by atoms with Gasteiger partial charge in [-0.2, -0.15) is 0 Å². The van der Waals surface area contributed by atoms with E-state index in [4.69, 9.17) is 11.6 Å². The van der Waals surface area contributed by atoms with Gasteiger partial charge in [-0.15, -0.1) is 12.4 Å². The molecule has 0 aliphatic carbocycles. The minimum Gasteiger partial charge on any atom is -0.290 e. The molecule has 0 spiro atoms. The monoisotopic (exact) mass is 416 g/mol. The third kappa shape index (κ3) is 3.26. The van der Waals surface area contributed by atoms with E-state index in [1.165, 1.54) is 23.0 Å². The number of rotatable bonds is 3. The fourth-order valence-electron chi connectivity index (χ4n) is 3.07. The molecule has 0 aliphatic heterocycles. The van der Waals surface area contributed by atoms with Crippen molar-refractivity contribution in [3.05, 3.63) is 85.9 Å². The number of nitrogens with one attached hydrogen (secondary N) is 1. The molecule has 2 aromatic heterocycles. The van der Waals surface area contributed by atoms with E-state index in [0.717, 1.165) is 0 Å². The highest BCUT2D eigenvalue weighted by Crippen LogP contribution is 2.31. The van der Waals surface area contributed by atoms with Gasteiger partial charge >= 0.3 is 0 Å². The van der Waals surface area contributed by atoms with Gasteiger partial charge in [-0.25, -0.2) is 4.68 Å². The van der Waals surface area contributed by atoms with E-state index in [-0.39, 0.29) is 23.7 Å². The lowest BCUT2D eigenvalue weighted by Crippen LogP contribution is -2.14. The van der Waals surface area contributed by atoms with Crippen LogP contribution in [0.2, 0.25) is 5.02 Å². The van der Waals surface area contributed by atoms with Crippen LogP contribution in [0.4, 0.5) is 5.69 Å². The third-order valence-electron chi connectivity index (χ3n) is 4.36. The Morgan fingerprint density at radius 3 is 2.57 bits per heavy atom. The van der Waals surface area contributed by atoms with Crippen molar-refractivity contribution in [3.8, 4) is 16.8 Å². The average Bonchev–Trinajstić information content (AvgIpc) is 2.99. The summed E-state index contributed by atoms with van der Waals surface area (Å²) in [5.41, 5.74) is 2.85. The first kappa shape index (κ1) is 19.6. The molecule has 0 unspecified atom stereocenters. The molecule has 4 aromatic rings. The average molecular weight is 417 g/mol. The minimum absolute atomic E-state index is 0. The molecule has 0 fully saturated rings. The summed E-state index contributed by atoms with van der Waals surface area (Å²) in [6.07, 6.45) is 1.51. The van der Waals surface area contributed by atoms with Crippen LogP contribution in [-0.2, 0) is 0 Å². The zero-order valence-electron chi connectivity index (χ0n) is 14.5. The van der Waals surface area contributed by atoms with Crippen LogP contribution in [0.15, 0.2) is 59.5 Å². The molecule has 0 radical (unpaired) electrons. The minimum atomic E-state index is -0.450. The van der Waals surface area contributed by atoms with Crippen LogP contribution in [0.1, 0.15) is 5.69 Å². The summed E-state index contributed by atoms with van der Waals surface area (Å²) in [5, 5.41) is 15.2. The van der Waals surface area contributed by atoms with Crippen molar-refractivity contribution in [1.82, 2.24) is 14.8 Å². The number of H-pyrrole nitrogens is 1. The van der Waals surface area contributed by atoms with Crippen molar-refractivity contribution in [1.29, 1.82) is 0 Å². The number of nitro groups is 1. The zero-order valence-corrected chi connectivity index (χ0v) is 16.1. The van der Waals surface area contributed by atoms with Gasteiger partial charge in [-0.1, -0.05) is 23.7 Å². The number of pyridine rings is 1. The van der Waals surface area contributed by atoms with Crippen LogP contribution >= 0.6 is 24.0 Å². The number of aromatic amines is 1. The Bertz CT molecular complexity index is 1250. The largest absolute Gasteiger partial charge is 0.290 e. The molecule has 2 aromatic carbocycles. The highest BCUT2D eigenvalue weighted by molar-refractivity contribution is 6.30. The molecule has 7 nitrogen and oxygen atoms in total. The number of aromatic nitrogens is 3. The highest BCUT2D eigenvalue weighted by Gasteiger charge is 2.17. The Morgan fingerprint density at radius 1 is 1.18 bits per heavy atom. The lowest BCUT2D eigenvalue weighted by atomic mass is 10.0. The van der Waals surface area contributed by atoms with Gasteiger partial charge in [0.1, 0.15) is 0 Å². The molecule has 2 heterocycles. The highest BCUT2D eigenvalue weighted by atomic mass is 35.5. The second kappa shape index (κ2) is 7.46. The normalized spacial score (nSPS) is 10.6. The number of nitro benzene ring substituents is 1. The standard InChI is InChI=1S/C19H13ClN4O3.ClH/c1-11-17(12-3-2-4-15(9-12)24(26)27)18-16(10-21-11)19(25)23(22-18)14-7-5-13(20)6-8-14;/h2-10,22H,1H3;1H. The molecule has 0 atom stereocenters. The molecule has 1 N–H and O–H groups in total. The van der Waals surface area contributed by atoms with Crippen LogP contribution in [-0.4, -0.2) is 19.7 Å². The summed E-state index contributed by atoms with van der Waals surface area (Å²) in [7, 11) is 0. The molecular weight excluding hydrogens is 403 g/mol. The first-order valence-corrected chi connectivity index (χ1v) is 8.44. The Kier molecular flexibility index (Phi) is 5.22. The fourth-order valence-corrected chi connectivity index (χ4v) is 3.19. The van der Waals surface area contributed by atoms with Gasteiger partial charge < -0.3 is 0 Å². The first-order chi connectivity index (χ1) is 13.0. The lowest BCUT2D eigenvalue weighted by Gasteiger charge is -2.07. The summed E-state index contributed by atoms with van der Waals surface area (Å²) >= 11 is 5.92. The smallest absolute Gasteiger partial charge is 0.280 e. The van der Waals surface area contributed by atoms with Gasteiger partial charge in [0.2, 0.25) is 0 Å². The number of aryl methyl sites for hydroxylation is 1. The van der Waals surface area contributed by atoms with Crippen LogP contribution in [0.25, 0.3) is 27.7 Å². The van der Waals surface area contributed by atoms with Crippen LogP contribution in [0.5, 0.6) is 0 Å². The molecule has 0 saturated heterocycles. The molecule has 0 aliphatic rings. The van der Waals surface area contributed by atoms with E-state index in [9.17, 15) is 14.9 Å². The molecule has 0 saturated carbocycles. The van der Waals surface area contributed by atoms with E-state index < -0.39 is 4.92 Å². The van der Waals surface area contributed by atoms with Crippen molar-refractivity contribution in [3.63, 3.8) is 0 Å². The van der Waals surface area contributed by atoms with Gasteiger partial charge in [0.05, 0.1) is 21.5 Å². The Morgan fingerprint density at radius 2 is 1.89 bits per heavy atom. The second-order valence-corrected chi connectivity index (χ2v) is 6.48. The predicted molar refractivity (Wildman–Crippen MR) is 111 cm³/mol. The number of nitrogens with zero attached hydrogens (tertiary/aromatic N) is 3. The van der Waals surface area contributed by atoms with Gasteiger partial charge in [0.15, 0.2) is 0 Å². The molecule has 0 bridgehead atoms. The number of benzene rings is 2. The molecule has 4 rings (SSSR count). The van der Waals surface area contributed by atoms with E-state index in [0.29, 0.717) is 38.4 Å². The Hall–Kier alpha value is -3.16. The van der Waals surface area contributed by atoms with Crippen molar-refractivity contribution >= 4 is 40.6 Å². The molecule has 28 heavy (non-hydrogen) atoms. The van der Waals surface area contributed by atoms with Gasteiger partial charge in [-0.3, -0.25) is 25.0 Å². The topological polar surface area (TPSA) is 93.8 Å². The van der Waals surface area contributed by atoms with E-state index >= 15 is 0 Å². The zero-order chi connectivity index (χ0) is 19.1. The van der Waals surface area contributed by atoms with Crippen molar-refractivity contribution in [2.45, 2.75) is 6.92 Å². The maximum atomic E-state index is 12.8. The molecule has 9 heteroatoms. The summed E-state index contributed by atoms with van der Waals surface area (Å²) in [6.45, 7) is 1.80. The second-order valence-electron chi connectivity index (χ2n) is 6.04. The molecule has 142 valence electrons. The number of halogens is 2. The number of fused-ring (bicyclic) bond motifs is 1. The summed E-state index contributed by atoms with van der Waals surface area (Å²) in [4.78, 5) is 27.8. The van der Waals surface area contributed by atoms with Gasteiger partial charge in [0.25, 0.3) is 11.2 Å². The fraction of sp³-hybridized carbons (Fsp3) is 0.0526.